The number of rotatable bonds is 4. The topological polar surface area (TPSA) is 38.3 Å². The molecule has 0 aliphatic rings. The fraction of sp³-hybridized carbons (Fsp3) is 0.136. The van der Waals surface area contributed by atoms with Gasteiger partial charge in [-0.05, 0) is 61.4 Å². The second-order valence-electron chi connectivity index (χ2n) is 6.20. The van der Waals surface area contributed by atoms with Gasteiger partial charge in [0.25, 0.3) is 5.91 Å². The monoisotopic (exact) mass is 349 g/mol. The molecular formula is C22H20FNO2. The third-order valence-corrected chi connectivity index (χ3v) is 4.22. The quantitative estimate of drug-likeness (QED) is 0.687. The molecule has 0 radical (unpaired) electrons. The Morgan fingerprint density at radius 2 is 1.73 bits per heavy atom. The highest BCUT2D eigenvalue weighted by atomic mass is 19.1. The molecule has 0 saturated carbocycles. The van der Waals surface area contributed by atoms with Gasteiger partial charge in [-0.2, -0.15) is 0 Å². The number of halogens is 1. The van der Waals surface area contributed by atoms with E-state index < -0.39 is 5.82 Å². The van der Waals surface area contributed by atoms with Crippen molar-refractivity contribution in [3.05, 3.63) is 83.2 Å². The van der Waals surface area contributed by atoms with Crippen LogP contribution in [0.2, 0.25) is 0 Å². The number of ether oxygens (including phenoxy) is 1. The van der Waals surface area contributed by atoms with E-state index in [0.29, 0.717) is 17.0 Å². The van der Waals surface area contributed by atoms with Crippen LogP contribution in [-0.2, 0) is 0 Å². The molecule has 0 bridgehead atoms. The van der Waals surface area contributed by atoms with E-state index in [1.54, 1.807) is 31.4 Å². The second-order valence-corrected chi connectivity index (χ2v) is 6.20. The zero-order chi connectivity index (χ0) is 18.7. The number of hydrogen-bond acceptors (Lipinski definition) is 2. The van der Waals surface area contributed by atoms with E-state index in [1.165, 1.54) is 17.7 Å². The first-order chi connectivity index (χ1) is 12.5. The molecule has 0 spiro atoms. The van der Waals surface area contributed by atoms with Crippen LogP contribution in [0.1, 0.15) is 21.5 Å². The van der Waals surface area contributed by atoms with Crippen LogP contribution in [0.4, 0.5) is 10.1 Å². The average molecular weight is 349 g/mol. The molecule has 3 nitrogen and oxygen atoms in total. The van der Waals surface area contributed by atoms with Gasteiger partial charge in [0.1, 0.15) is 11.6 Å². The highest BCUT2D eigenvalue weighted by Gasteiger charge is 2.13. The van der Waals surface area contributed by atoms with E-state index in [9.17, 15) is 9.18 Å². The summed E-state index contributed by atoms with van der Waals surface area (Å²) in [6.45, 7) is 4.10. The van der Waals surface area contributed by atoms with E-state index >= 15 is 0 Å². The summed E-state index contributed by atoms with van der Waals surface area (Å²) >= 11 is 0. The average Bonchev–Trinajstić information content (AvgIpc) is 2.61. The van der Waals surface area contributed by atoms with Gasteiger partial charge in [-0.25, -0.2) is 4.39 Å². The minimum atomic E-state index is -0.398. The number of amides is 1. The molecule has 26 heavy (non-hydrogen) atoms. The Labute approximate surface area is 152 Å². The Morgan fingerprint density at radius 1 is 0.962 bits per heavy atom. The van der Waals surface area contributed by atoms with Crippen molar-refractivity contribution < 1.29 is 13.9 Å². The maximum atomic E-state index is 13.3. The van der Waals surface area contributed by atoms with Crippen molar-refractivity contribution in [1.29, 1.82) is 0 Å². The molecule has 132 valence electrons. The van der Waals surface area contributed by atoms with Crippen molar-refractivity contribution in [2.75, 3.05) is 12.4 Å². The summed E-state index contributed by atoms with van der Waals surface area (Å²) in [5.74, 6) is -0.101. The summed E-state index contributed by atoms with van der Waals surface area (Å²) in [4.78, 5) is 12.5. The number of anilines is 1. The van der Waals surface area contributed by atoms with Crippen LogP contribution in [0.5, 0.6) is 5.75 Å². The number of benzene rings is 3. The number of methoxy groups -OCH3 is 1. The fourth-order valence-electron chi connectivity index (χ4n) is 2.94. The summed E-state index contributed by atoms with van der Waals surface area (Å²) in [5, 5.41) is 2.69. The standard InChI is InChI=1S/C22H20FNO2/c1-14-7-9-19(15(2)11-14)20-10-8-16(12-21(20)26-3)22(25)24-18-6-4-5-17(23)13-18/h4-13H,1-3H3,(H,24,25). The molecule has 1 N–H and O–H groups in total. The maximum Gasteiger partial charge on any atom is 0.255 e. The lowest BCUT2D eigenvalue weighted by Gasteiger charge is -2.13. The van der Waals surface area contributed by atoms with E-state index in [-0.39, 0.29) is 5.91 Å². The third kappa shape index (κ3) is 3.75. The third-order valence-electron chi connectivity index (χ3n) is 4.22. The fourth-order valence-corrected chi connectivity index (χ4v) is 2.94. The van der Waals surface area contributed by atoms with Gasteiger partial charge in [-0.15, -0.1) is 0 Å². The summed E-state index contributed by atoms with van der Waals surface area (Å²) < 4.78 is 18.8. The van der Waals surface area contributed by atoms with E-state index in [1.807, 2.05) is 26.0 Å². The Bertz CT molecular complexity index is 966. The van der Waals surface area contributed by atoms with Crippen molar-refractivity contribution >= 4 is 11.6 Å². The molecule has 1 amide bonds. The van der Waals surface area contributed by atoms with Gasteiger partial charge in [-0.1, -0.05) is 29.8 Å². The first-order valence-corrected chi connectivity index (χ1v) is 8.30. The van der Waals surface area contributed by atoms with Gasteiger partial charge in [-0.3, -0.25) is 4.79 Å². The van der Waals surface area contributed by atoms with Gasteiger partial charge in [0, 0.05) is 16.8 Å². The molecule has 3 aromatic rings. The van der Waals surface area contributed by atoms with Crippen molar-refractivity contribution in [3.8, 4) is 16.9 Å². The van der Waals surface area contributed by atoms with Gasteiger partial charge in [0.2, 0.25) is 0 Å². The predicted octanol–water partition coefficient (Wildman–Crippen LogP) is 5.37. The Kier molecular flexibility index (Phi) is 5.03. The van der Waals surface area contributed by atoms with Gasteiger partial charge < -0.3 is 10.1 Å². The molecule has 0 atom stereocenters. The van der Waals surface area contributed by atoms with Crippen LogP contribution in [-0.4, -0.2) is 13.0 Å². The maximum absolute atomic E-state index is 13.3. The number of hydrogen-bond donors (Lipinski definition) is 1. The highest BCUT2D eigenvalue weighted by Crippen LogP contribution is 2.33. The second kappa shape index (κ2) is 7.40. The zero-order valence-electron chi connectivity index (χ0n) is 15.0. The van der Waals surface area contributed by atoms with Gasteiger partial charge in [0.15, 0.2) is 0 Å². The highest BCUT2D eigenvalue weighted by molar-refractivity contribution is 6.05. The van der Waals surface area contributed by atoms with E-state index in [2.05, 4.69) is 17.4 Å². The molecule has 0 aromatic heterocycles. The van der Waals surface area contributed by atoms with Crippen molar-refractivity contribution in [3.63, 3.8) is 0 Å². The van der Waals surface area contributed by atoms with Crippen molar-refractivity contribution in [1.82, 2.24) is 0 Å². The van der Waals surface area contributed by atoms with E-state index in [4.69, 9.17) is 4.74 Å². The smallest absolute Gasteiger partial charge is 0.255 e. The van der Waals surface area contributed by atoms with Crippen LogP contribution in [0.3, 0.4) is 0 Å². The Hall–Kier alpha value is -3.14. The normalized spacial score (nSPS) is 10.5. The van der Waals surface area contributed by atoms with Crippen LogP contribution >= 0.6 is 0 Å². The lowest BCUT2D eigenvalue weighted by Crippen LogP contribution is -2.12. The molecule has 0 unspecified atom stereocenters. The zero-order valence-corrected chi connectivity index (χ0v) is 15.0. The molecule has 0 fully saturated rings. The Morgan fingerprint density at radius 3 is 2.42 bits per heavy atom. The minimum Gasteiger partial charge on any atom is -0.496 e. The molecule has 0 saturated heterocycles. The first kappa shape index (κ1) is 17.7. The van der Waals surface area contributed by atoms with Crippen LogP contribution in [0, 0.1) is 19.7 Å². The summed E-state index contributed by atoms with van der Waals surface area (Å²) in [6.07, 6.45) is 0. The number of carbonyl (C=O) groups is 1. The Balaban J connectivity index is 1.92. The van der Waals surface area contributed by atoms with Crippen molar-refractivity contribution in [2.24, 2.45) is 0 Å². The summed E-state index contributed by atoms with van der Waals surface area (Å²) in [7, 11) is 1.58. The van der Waals surface area contributed by atoms with Crippen molar-refractivity contribution in [2.45, 2.75) is 13.8 Å². The molecule has 0 aliphatic carbocycles. The first-order valence-electron chi connectivity index (χ1n) is 8.30. The largest absolute Gasteiger partial charge is 0.496 e. The van der Waals surface area contributed by atoms with Crippen LogP contribution < -0.4 is 10.1 Å². The van der Waals surface area contributed by atoms with Gasteiger partial charge >= 0.3 is 0 Å². The molecule has 0 heterocycles. The molecule has 3 aromatic carbocycles. The van der Waals surface area contributed by atoms with E-state index in [0.717, 1.165) is 16.7 Å². The minimum absolute atomic E-state index is 0.318. The lowest BCUT2D eigenvalue weighted by atomic mass is 9.97. The molecular weight excluding hydrogens is 329 g/mol. The lowest BCUT2D eigenvalue weighted by molar-refractivity contribution is 0.102. The number of nitrogens with one attached hydrogen (secondary N) is 1. The summed E-state index contributed by atoms with van der Waals surface area (Å²) in [6, 6.07) is 17.3. The summed E-state index contributed by atoms with van der Waals surface area (Å²) in [5.41, 5.74) is 5.17. The number of aryl methyl sites for hydroxylation is 2. The van der Waals surface area contributed by atoms with Crippen LogP contribution in [0.15, 0.2) is 60.7 Å². The predicted molar refractivity (Wildman–Crippen MR) is 102 cm³/mol. The number of carbonyl (C=O) groups excluding carboxylic acids is 1. The van der Waals surface area contributed by atoms with Gasteiger partial charge in [0.05, 0.1) is 7.11 Å². The van der Waals surface area contributed by atoms with Crippen LogP contribution in [0.25, 0.3) is 11.1 Å². The molecule has 3 rings (SSSR count). The molecule has 4 heteroatoms. The SMILES string of the molecule is COc1cc(C(=O)Nc2cccc(F)c2)ccc1-c1ccc(C)cc1C. The molecule has 0 aliphatic heterocycles.